The number of carbonyl (C=O) groups is 1. The normalized spacial score (nSPS) is 21.6. The van der Waals surface area contributed by atoms with Gasteiger partial charge in [0.15, 0.2) is 0 Å². The van der Waals surface area contributed by atoms with Crippen LogP contribution in [0.1, 0.15) is 29.6 Å². The molecule has 0 bridgehead atoms. The maximum absolute atomic E-state index is 13.7. The number of aliphatic hydroxyl groups excluding tert-OH is 1. The van der Waals surface area contributed by atoms with Gasteiger partial charge in [-0.3, -0.25) is 4.79 Å². The van der Waals surface area contributed by atoms with Crippen molar-refractivity contribution in [2.24, 2.45) is 0 Å². The molecular formula is C21H24ClFN2O5S. The van der Waals surface area contributed by atoms with Crippen molar-refractivity contribution in [3.05, 3.63) is 64.9 Å². The summed E-state index contributed by atoms with van der Waals surface area (Å²) in [6, 6.07) is 10.9. The number of benzene rings is 2. The highest BCUT2D eigenvalue weighted by Gasteiger charge is 2.33. The molecule has 1 saturated heterocycles. The van der Waals surface area contributed by atoms with Crippen LogP contribution < -0.4 is 10.0 Å². The predicted octanol–water partition coefficient (Wildman–Crippen LogP) is 2.49. The summed E-state index contributed by atoms with van der Waals surface area (Å²) < 4.78 is 47.3. The van der Waals surface area contributed by atoms with Gasteiger partial charge in [0.1, 0.15) is 5.82 Å². The number of aliphatic hydroxyl groups is 1. The minimum absolute atomic E-state index is 0.0306. The first-order valence-corrected chi connectivity index (χ1v) is 11.7. The molecule has 2 aromatic carbocycles. The molecule has 0 aliphatic carbocycles. The Morgan fingerprint density at radius 3 is 2.55 bits per heavy atom. The molecule has 7 nitrogen and oxygen atoms in total. The Hall–Kier alpha value is -2.04. The lowest BCUT2D eigenvalue weighted by atomic mass is 9.98. The Bertz CT molecular complexity index is 1000. The summed E-state index contributed by atoms with van der Waals surface area (Å²) in [7, 11) is -3.79. The molecule has 1 heterocycles. The van der Waals surface area contributed by atoms with Gasteiger partial charge in [-0.15, -0.1) is 0 Å². The predicted molar refractivity (Wildman–Crippen MR) is 114 cm³/mol. The average molecular weight is 471 g/mol. The molecule has 3 atom stereocenters. The highest BCUT2D eigenvalue weighted by molar-refractivity contribution is 7.89. The van der Waals surface area contributed by atoms with E-state index >= 15 is 0 Å². The second-order valence-electron chi connectivity index (χ2n) is 7.26. The molecule has 1 amide bonds. The van der Waals surface area contributed by atoms with Crippen LogP contribution >= 0.6 is 11.6 Å². The van der Waals surface area contributed by atoms with Gasteiger partial charge in [-0.25, -0.2) is 17.5 Å². The number of halogens is 2. The zero-order chi connectivity index (χ0) is 22.4. The van der Waals surface area contributed by atoms with Gasteiger partial charge in [0.2, 0.25) is 10.0 Å². The summed E-state index contributed by atoms with van der Waals surface area (Å²) in [5, 5.41) is 12.8. The van der Waals surface area contributed by atoms with E-state index in [1.54, 1.807) is 6.07 Å². The van der Waals surface area contributed by atoms with E-state index in [0.29, 0.717) is 24.3 Å². The number of rotatable bonds is 8. The van der Waals surface area contributed by atoms with Crippen LogP contribution in [0.15, 0.2) is 53.4 Å². The maximum atomic E-state index is 13.7. The number of sulfonamides is 1. The molecule has 0 aromatic heterocycles. The van der Waals surface area contributed by atoms with Gasteiger partial charge in [-0.1, -0.05) is 23.7 Å². The fraction of sp³-hybridized carbons (Fsp3) is 0.381. The van der Waals surface area contributed by atoms with Crippen LogP contribution in [0.5, 0.6) is 0 Å². The fourth-order valence-electron chi connectivity index (χ4n) is 3.45. The summed E-state index contributed by atoms with van der Waals surface area (Å²) in [5.74, 6) is -1.11. The summed E-state index contributed by atoms with van der Waals surface area (Å²) in [6.45, 7) is -0.0942. The van der Waals surface area contributed by atoms with Crippen LogP contribution in [-0.2, 0) is 14.8 Å². The Labute approximate surface area is 185 Å². The largest absolute Gasteiger partial charge is 0.394 e. The molecule has 31 heavy (non-hydrogen) atoms. The topological polar surface area (TPSA) is 105 Å². The molecule has 10 heteroatoms. The van der Waals surface area contributed by atoms with Gasteiger partial charge in [-0.2, -0.15) is 0 Å². The van der Waals surface area contributed by atoms with Crippen molar-refractivity contribution in [1.82, 2.24) is 10.0 Å². The smallest absolute Gasteiger partial charge is 0.254 e. The van der Waals surface area contributed by atoms with Crippen LogP contribution in [0.2, 0.25) is 5.02 Å². The standard InChI is InChI=1S/C21H24ClFN2O5S/c22-14-5-8-16(9-6-14)31(28,29)25-19-10-7-15(30-20(19)13-26)11-12-24-21(27)17-3-1-2-4-18(17)23/h1-6,8-9,15,19-20,25-26H,7,10-13H2,(H,24,27)/t15-,19+,20+/m0/s1. The number of nitrogens with one attached hydrogen (secondary N) is 2. The van der Waals surface area contributed by atoms with Gasteiger partial charge < -0.3 is 15.2 Å². The van der Waals surface area contributed by atoms with Crippen molar-refractivity contribution in [3.8, 4) is 0 Å². The first-order chi connectivity index (χ1) is 14.8. The highest BCUT2D eigenvalue weighted by Crippen LogP contribution is 2.24. The second-order valence-corrected chi connectivity index (χ2v) is 9.41. The first kappa shape index (κ1) is 23.6. The van der Waals surface area contributed by atoms with E-state index in [-0.39, 0.29) is 29.7 Å². The van der Waals surface area contributed by atoms with E-state index in [9.17, 15) is 22.7 Å². The highest BCUT2D eigenvalue weighted by atomic mass is 35.5. The molecular weight excluding hydrogens is 447 g/mol. The van der Waals surface area contributed by atoms with E-state index in [0.717, 1.165) is 0 Å². The van der Waals surface area contributed by atoms with Crippen molar-refractivity contribution in [2.45, 2.75) is 42.4 Å². The van der Waals surface area contributed by atoms with Crippen LogP contribution in [0.25, 0.3) is 0 Å². The molecule has 1 fully saturated rings. The lowest BCUT2D eigenvalue weighted by Crippen LogP contribution is -2.51. The maximum Gasteiger partial charge on any atom is 0.254 e. The van der Waals surface area contributed by atoms with Crippen molar-refractivity contribution in [3.63, 3.8) is 0 Å². The molecule has 3 N–H and O–H groups in total. The minimum atomic E-state index is -3.79. The molecule has 1 aliphatic heterocycles. The third-order valence-corrected chi connectivity index (χ3v) is 6.85. The second kappa shape index (κ2) is 10.5. The number of hydrogen-bond acceptors (Lipinski definition) is 5. The quantitative estimate of drug-likeness (QED) is 0.549. The van der Waals surface area contributed by atoms with Crippen molar-refractivity contribution in [2.75, 3.05) is 13.2 Å². The van der Waals surface area contributed by atoms with E-state index in [2.05, 4.69) is 10.0 Å². The Balaban J connectivity index is 1.51. The molecule has 0 saturated carbocycles. The van der Waals surface area contributed by atoms with Crippen molar-refractivity contribution < 1.29 is 27.4 Å². The Morgan fingerprint density at radius 1 is 1.16 bits per heavy atom. The first-order valence-electron chi connectivity index (χ1n) is 9.87. The van der Waals surface area contributed by atoms with Gasteiger partial charge in [-0.05, 0) is 55.7 Å². The van der Waals surface area contributed by atoms with Crippen LogP contribution in [0, 0.1) is 5.82 Å². The van der Waals surface area contributed by atoms with Gasteiger partial charge >= 0.3 is 0 Å². The molecule has 0 unspecified atom stereocenters. The van der Waals surface area contributed by atoms with Crippen LogP contribution in [-0.4, -0.2) is 50.8 Å². The molecule has 1 aliphatic rings. The van der Waals surface area contributed by atoms with Gasteiger partial charge in [0, 0.05) is 11.6 Å². The average Bonchev–Trinajstić information content (AvgIpc) is 2.75. The zero-order valence-electron chi connectivity index (χ0n) is 16.6. The number of amides is 1. The van der Waals surface area contributed by atoms with Crippen LogP contribution in [0.3, 0.4) is 0 Å². The summed E-state index contributed by atoms with van der Waals surface area (Å²) in [5.41, 5.74) is -0.0306. The van der Waals surface area contributed by atoms with E-state index < -0.39 is 33.9 Å². The SMILES string of the molecule is O=C(NCC[C@@H]1CC[C@@H](NS(=O)(=O)c2ccc(Cl)cc2)[C@@H](CO)O1)c1ccccc1F. The summed E-state index contributed by atoms with van der Waals surface area (Å²) in [6.07, 6.45) is 0.467. The monoisotopic (exact) mass is 470 g/mol. The third kappa shape index (κ3) is 6.24. The van der Waals surface area contributed by atoms with E-state index in [1.165, 1.54) is 42.5 Å². The number of ether oxygens (including phenoxy) is 1. The van der Waals surface area contributed by atoms with Crippen molar-refractivity contribution >= 4 is 27.5 Å². The zero-order valence-corrected chi connectivity index (χ0v) is 18.2. The number of hydrogen-bond donors (Lipinski definition) is 3. The number of carbonyl (C=O) groups excluding carboxylic acids is 1. The van der Waals surface area contributed by atoms with Gasteiger partial charge in [0.25, 0.3) is 5.91 Å². The summed E-state index contributed by atoms with van der Waals surface area (Å²) >= 11 is 5.81. The minimum Gasteiger partial charge on any atom is -0.394 e. The molecule has 0 spiro atoms. The van der Waals surface area contributed by atoms with Crippen molar-refractivity contribution in [1.29, 1.82) is 0 Å². The molecule has 2 aromatic rings. The lowest BCUT2D eigenvalue weighted by Gasteiger charge is -2.36. The van der Waals surface area contributed by atoms with E-state index in [1.807, 2.05) is 0 Å². The fourth-order valence-corrected chi connectivity index (χ4v) is 4.87. The molecule has 168 valence electrons. The van der Waals surface area contributed by atoms with Crippen LogP contribution in [0.4, 0.5) is 4.39 Å². The molecule has 0 radical (unpaired) electrons. The van der Waals surface area contributed by atoms with E-state index in [4.69, 9.17) is 16.3 Å². The Kier molecular flexibility index (Phi) is 8.01. The Morgan fingerprint density at radius 2 is 1.87 bits per heavy atom. The third-order valence-electron chi connectivity index (χ3n) is 5.10. The lowest BCUT2D eigenvalue weighted by molar-refractivity contribution is -0.0871. The molecule has 3 rings (SSSR count). The van der Waals surface area contributed by atoms with Gasteiger partial charge in [0.05, 0.1) is 35.3 Å². The summed E-state index contributed by atoms with van der Waals surface area (Å²) in [4.78, 5) is 12.2.